The van der Waals surface area contributed by atoms with Crippen molar-refractivity contribution < 1.29 is 4.74 Å². The third-order valence-electron chi connectivity index (χ3n) is 6.21. The average Bonchev–Trinajstić information content (AvgIpc) is 3.25. The lowest BCUT2D eigenvalue weighted by atomic mass is 9.82. The van der Waals surface area contributed by atoms with Gasteiger partial charge < -0.3 is 19.9 Å². The molecule has 4 saturated heterocycles. The van der Waals surface area contributed by atoms with Crippen LogP contribution in [0.25, 0.3) is 0 Å². The van der Waals surface area contributed by atoms with E-state index in [0.29, 0.717) is 18.2 Å². The van der Waals surface area contributed by atoms with Gasteiger partial charge in [0, 0.05) is 37.5 Å². The minimum atomic E-state index is 0.531. The Labute approximate surface area is 134 Å². The minimum absolute atomic E-state index is 0.531. The van der Waals surface area contributed by atoms with Crippen LogP contribution in [-0.4, -0.2) is 73.8 Å². The molecule has 22 heavy (non-hydrogen) atoms. The van der Waals surface area contributed by atoms with E-state index in [1.54, 1.807) is 0 Å². The Morgan fingerprint density at radius 1 is 1.18 bits per heavy atom. The molecular formula is C17H30N4O. The van der Waals surface area contributed by atoms with Crippen molar-refractivity contribution in [3.05, 3.63) is 0 Å². The molecule has 0 spiro atoms. The van der Waals surface area contributed by atoms with E-state index in [9.17, 15) is 0 Å². The highest BCUT2D eigenvalue weighted by molar-refractivity contribution is 5.80. The van der Waals surface area contributed by atoms with E-state index in [0.717, 1.165) is 44.0 Å². The molecule has 5 atom stereocenters. The maximum absolute atomic E-state index is 6.09. The molecule has 4 aliphatic heterocycles. The van der Waals surface area contributed by atoms with Crippen molar-refractivity contribution in [3.8, 4) is 0 Å². The van der Waals surface area contributed by atoms with E-state index in [2.05, 4.69) is 29.1 Å². The molecule has 5 heteroatoms. The topological polar surface area (TPSA) is 40.1 Å². The van der Waals surface area contributed by atoms with Gasteiger partial charge in [0.25, 0.3) is 0 Å². The quantitative estimate of drug-likeness (QED) is 0.627. The lowest BCUT2D eigenvalue weighted by Gasteiger charge is -2.24. The molecule has 0 aromatic rings. The number of likely N-dealkylation sites (tertiary alicyclic amines) is 2. The van der Waals surface area contributed by atoms with Gasteiger partial charge in [0.2, 0.25) is 0 Å². The van der Waals surface area contributed by atoms with Crippen LogP contribution in [0.2, 0.25) is 0 Å². The average molecular weight is 306 g/mol. The molecule has 5 unspecified atom stereocenters. The highest BCUT2D eigenvalue weighted by atomic mass is 16.5. The maximum Gasteiger partial charge on any atom is 0.193 e. The van der Waals surface area contributed by atoms with E-state index in [4.69, 9.17) is 9.73 Å². The van der Waals surface area contributed by atoms with Gasteiger partial charge in [-0.1, -0.05) is 0 Å². The molecule has 124 valence electrons. The normalized spacial score (nSPS) is 41.5. The van der Waals surface area contributed by atoms with Gasteiger partial charge in [-0.15, -0.1) is 0 Å². The Morgan fingerprint density at radius 2 is 1.91 bits per heavy atom. The molecule has 4 fully saturated rings. The minimum Gasteiger partial charge on any atom is -0.374 e. The summed E-state index contributed by atoms with van der Waals surface area (Å²) in [5, 5.41) is 3.52. The molecule has 5 nitrogen and oxygen atoms in total. The van der Waals surface area contributed by atoms with Crippen molar-refractivity contribution in [1.82, 2.24) is 15.1 Å². The Bertz CT molecular complexity index is 422. The number of aliphatic imine (C=N–C) groups is 1. The molecule has 0 amide bonds. The lowest BCUT2D eigenvalue weighted by molar-refractivity contribution is 0.0767. The van der Waals surface area contributed by atoms with E-state index >= 15 is 0 Å². The zero-order valence-electron chi connectivity index (χ0n) is 14.0. The number of fused-ring (bicyclic) bond motifs is 5. The Hall–Kier alpha value is -0.810. The Kier molecular flexibility index (Phi) is 4.03. The Balaban J connectivity index is 1.41. The molecule has 4 heterocycles. The fraction of sp³-hybridized carbons (Fsp3) is 0.941. The van der Waals surface area contributed by atoms with Gasteiger partial charge in [-0.25, -0.2) is 0 Å². The first kappa shape index (κ1) is 14.8. The molecule has 1 N–H and O–H groups in total. The zero-order valence-corrected chi connectivity index (χ0v) is 14.0. The van der Waals surface area contributed by atoms with Crippen LogP contribution in [0, 0.1) is 11.8 Å². The van der Waals surface area contributed by atoms with Gasteiger partial charge in [-0.2, -0.15) is 0 Å². The summed E-state index contributed by atoms with van der Waals surface area (Å²) in [6.45, 7) is 7.56. The number of guanidine groups is 1. The van der Waals surface area contributed by atoms with Crippen LogP contribution in [0.1, 0.15) is 32.6 Å². The highest BCUT2D eigenvalue weighted by Gasteiger charge is 2.53. The summed E-state index contributed by atoms with van der Waals surface area (Å²) >= 11 is 0. The van der Waals surface area contributed by atoms with Gasteiger partial charge in [0.05, 0.1) is 18.8 Å². The van der Waals surface area contributed by atoms with Crippen molar-refractivity contribution in [2.75, 3.05) is 39.8 Å². The molecule has 0 saturated carbocycles. The van der Waals surface area contributed by atoms with E-state index in [-0.39, 0.29) is 0 Å². The summed E-state index contributed by atoms with van der Waals surface area (Å²) < 4.78 is 6.09. The van der Waals surface area contributed by atoms with Gasteiger partial charge in [0.1, 0.15) is 0 Å². The van der Waals surface area contributed by atoms with E-state index in [1.165, 1.54) is 32.2 Å². The smallest absolute Gasteiger partial charge is 0.193 e. The molecule has 0 radical (unpaired) electrons. The second-order valence-corrected chi connectivity index (χ2v) is 7.49. The van der Waals surface area contributed by atoms with Crippen LogP contribution >= 0.6 is 0 Å². The summed E-state index contributed by atoms with van der Waals surface area (Å²) in [6, 6.07) is 0.635. The van der Waals surface area contributed by atoms with Crippen molar-refractivity contribution in [1.29, 1.82) is 0 Å². The van der Waals surface area contributed by atoms with Crippen LogP contribution in [0.15, 0.2) is 4.99 Å². The fourth-order valence-electron chi connectivity index (χ4n) is 4.96. The zero-order chi connectivity index (χ0) is 15.1. The fourth-order valence-corrected chi connectivity index (χ4v) is 4.96. The molecule has 0 aromatic carbocycles. The van der Waals surface area contributed by atoms with Gasteiger partial charge in [-0.05, 0) is 46.2 Å². The first-order valence-electron chi connectivity index (χ1n) is 9.15. The van der Waals surface area contributed by atoms with Crippen molar-refractivity contribution in [2.24, 2.45) is 16.8 Å². The lowest BCUT2D eigenvalue weighted by Crippen LogP contribution is -2.42. The molecule has 0 aromatic heterocycles. The summed E-state index contributed by atoms with van der Waals surface area (Å²) in [4.78, 5) is 9.93. The van der Waals surface area contributed by atoms with Crippen molar-refractivity contribution in [3.63, 3.8) is 0 Å². The van der Waals surface area contributed by atoms with E-state index < -0.39 is 0 Å². The predicted molar refractivity (Wildman–Crippen MR) is 88.1 cm³/mol. The van der Waals surface area contributed by atoms with Crippen LogP contribution in [-0.2, 0) is 4.74 Å². The second-order valence-electron chi connectivity index (χ2n) is 7.49. The summed E-state index contributed by atoms with van der Waals surface area (Å²) in [7, 11) is 2.23. The molecule has 4 aliphatic rings. The number of likely N-dealkylation sites (N-methyl/N-ethyl adjacent to an activating group) is 1. The van der Waals surface area contributed by atoms with Gasteiger partial charge in [0.15, 0.2) is 5.96 Å². The standard InChI is InChI=1S/C17H30N4O/c1-3-18-17(19-9-12-5-4-8-20(12)2)21-10-13-14(11-21)16-7-6-15(13)22-16/h12-16H,3-11H2,1-2H3,(H,18,19). The van der Waals surface area contributed by atoms with Crippen LogP contribution in [0.4, 0.5) is 0 Å². The number of ether oxygens (including phenoxy) is 1. The molecule has 2 bridgehead atoms. The summed E-state index contributed by atoms with van der Waals surface area (Å²) in [5.41, 5.74) is 0. The molecule has 4 rings (SSSR count). The summed E-state index contributed by atoms with van der Waals surface area (Å²) in [6.07, 6.45) is 6.23. The van der Waals surface area contributed by atoms with Crippen molar-refractivity contribution >= 4 is 5.96 Å². The second kappa shape index (κ2) is 6.00. The first-order valence-corrected chi connectivity index (χ1v) is 9.15. The predicted octanol–water partition coefficient (Wildman–Crippen LogP) is 1.16. The first-order chi connectivity index (χ1) is 10.8. The van der Waals surface area contributed by atoms with Gasteiger partial charge in [-0.3, -0.25) is 4.99 Å². The largest absolute Gasteiger partial charge is 0.374 e. The Morgan fingerprint density at radius 3 is 2.50 bits per heavy atom. The SMILES string of the molecule is CCNC(=NCC1CCCN1C)N1CC2C3CCC(O3)C2C1. The summed E-state index contributed by atoms with van der Waals surface area (Å²) in [5.74, 6) is 2.63. The van der Waals surface area contributed by atoms with Gasteiger partial charge >= 0.3 is 0 Å². The van der Waals surface area contributed by atoms with Crippen molar-refractivity contribution in [2.45, 2.75) is 50.9 Å². The van der Waals surface area contributed by atoms with Crippen LogP contribution in [0.3, 0.4) is 0 Å². The third-order valence-corrected chi connectivity index (χ3v) is 6.21. The number of rotatable bonds is 3. The maximum atomic E-state index is 6.09. The number of nitrogens with zero attached hydrogens (tertiary/aromatic N) is 3. The molecular weight excluding hydrogens is 276 g/mol. The number of hydrogen-bond acceptors (Lipinski definition) is 3. The third kappa shape index (κ3) is 2.52. The van der Waals surface area contributed by atoms with Crippen LogP contribution in [0.5, 0.6) is 0 Å². The monoisotopic (exact) mass is 306 g/mol. The van der Waals surface area contributed by atoms with Crippen LogP contribution < -0.4 is 5.32 Å². The van der Waals surface area contributed by atoms with E-state index in [1.807, 2.05) is 0 Å². The molecule has 0 aliphatic carbocycles. The number of nitrogens with one attached hydrogen (secondary N) is 1. The highest BCUT2D eigenvalue weighted by Crippen LogP contribution is 2.47. The number of hydrogen-bond donors (Lipinski definition) is 1.